The summed E-state index contributed by atoms with van der Waals surface area (Å²) in [6, 6.07) is 1.34. The van der Waals surface area contributed by atoms with Crippen molar-refractivity contribution in [2.45, 2.75) is 76.2 Å². The van der Waals surface area contributed by atoms with Gasteiger partial charge in [-0.25, -0.2) is 27.1 Å². The van der Waals surface area contributed by atoms with Crippen LogP contribution in [0.1, 0.15) is 69.2 Å². The highest BCUT2D eigenvalue weighted by Gasteiger charge is 2.45. The molecule has 6 nitrogen and oxygen atoms in total. The Labute approximate surface area is 190 Å². The molecule has 33 heavy (non-hydrogen) atoms. The van der Waals surface area contributed by atoms with Crippen LogP contribution in [-0.2, 0) is 16.0 Å². The van der Waals surface area contributed by atoms with Crippen molar-refractivity contribution in [1.29, 1.82) is 0 Å². The van der Waals surface area contributed by atoms with Crippen LogP contribution in [0.15, 0.2) is 18.5 Å². The minimum absolute atomic E-state index is 0.0574. The minimum Gasteiger partial charge on any atom is -0.379 e. The number of fused-ring (bicyclic) bond motifs is 1. The Bertz CT molecular complexity index is 963. The van der Waals surface area contributed by atoms with Crippen LogP contribution >= 0.6 is 0 Å². The largest absolute Gasteiger partial charge is 0.379 e. The van der Waals surface area contributed by atoms with Gasteiger partial charge in [0, 0.05) is 44.3 Å². The first-order valence-electron chi connectivity index (χ1n) is 11.6. The van der Waals surface area contributed by atoms with Crippen LogP contribution < -0.4 is 5.32 Å². The Morgan fingerprint density at radius 1 is 1.21 bits per heavy atom. The fourth-order valence-corrected chi connectivity index (χ4v) is 4.73. The third-order valence-corrected chi connectivity index (χ3v) is 6.60. The lowest BCUT2D eigenvalue weighted by Crippen LogP contribution is -2.40. The summed E-state index contributed by atoms with van der Waals surface area (Å²) in [5.74, 6) is -5.62. The number of hydrogen-bond acceptors (Lipinski definition) is 4. The van der Waals surface area contributed by atoms with Crippen molar-refractivity contribution in [3.8, 4) is 0 Å². The lowest BCUT2D eigenvalue weighted by atomic mass is 9.79. The number of nitrogens with one attached hydrogen (secondary N) is 1. The molecule has 2 fully saturated rings. The second-order valence-electron chi connectivity index (χ2n) is 9.44. The average Bonchev–Trinajstić information content (AvgIpc) is 3.12. The first-order valence-corrected chi connectivity index (χ1v) is 11.6. The zero-order valence-electron chi connectivity index (χ0n) is 18.7. The van der Waals surface area contributed by atoms with E-state index in [1.54, 1.807) is 16.9 Å². The van der Waals surface area contributed by atoms with Gasteiger partial charge in [-0.15, -0.1) is 0 Å². The van der Waals surface area contributed by atoms with Crippen LogP contribution in [0.25, 0.3) is 5.65 Å². The maximum atomic E-state index is 13.4. The number of amides is 1. The van der Waals surface area contributed by atoms with Gasteiger partial charge in [-0.05, 0) is 44.1 Å². The quantitative estimate of drug-likeness (QED) is 0.538. The van der Waals surface area contributed by atoms with E-state index in [1.165, 1.54) is 0 Å². The van der Waals surface area contributed by atoms with Crippen LogP contribution in [0.4, 0.5) is 17.6 Å². The van der Waals surface area contributed by atoms with Crippen LogP contribution in [0.5, 0.6) is 0 Å². The van der Waals surface area contributed by atoms with Crippen molar-refractivity contribution >= 4 is 11.6 Å². The standard InChI is InChI=1S/C23H30F4N4O2/c1-2-33-14-19(30-21(32)8-16-10-23(26,27)11-16)17-9-20-29-18(13-31(20)28-12-17)7-15-3-5-22(24,25)6-4-15/h9,12-13,15-16,19H,2-8,10-11,14H2,1H3,(H,30,32)/t19-/m1/s1. The average molecular weight is 471 g/mol. The number of halogens is 4. The van der Waals surface area contributed by atoms with Gasteiger partial charge in [0.2, 0.25) is 17.8 Å². The molecule has 2 aliphatic rings. The Balaban J connectivity index is 1.41. The van der Waals surface area contributed by atoms with E-state index in [-0.39, 0.29) is 56.5 Å². The van der Waals surface area contributed by atoms with Gasteiger partial charge in [-0.3, -0.25) is 4.79 Å². The molecule has 2 aromatic rings. The smallest absolute Gasteiger partial charge is 0.248 e. The van der Waals surface area contributed by atoms with Crippen molar-refractivity contribution < 1.29 is 27.1 Å². The van der Waals surface area contributed by atoms with Gasteiger partial charge in [0.05, 0.1) is 30.7 Å². The predicted octanol–water partition coefficient (Wildman–Crippen LogP) is 4.73. The maximum Gasteiger partial charge on any atom is 0.248 e. The van der Waals surface area contributed by atoms with E-state index in [1.807, 2.05) is 13.0 Å². The molecule has 0 unspecified atom stereocenters. The number of aromatic nitrogens is 3. The molecule has 2 aliphatic carbocycles. The van der Waals surface area contributed by atoms with E-state index >= 15 is 0 Å². The SMILES string of the molecule is CCOC[C@@H](NC(=O)CC1CC(F)(F)C1)c1cnn2cc(CC3CCC(F)(F)CC3)nc2c1. The Morgan fingerprint density at radius 3 is 2.61 bits per heavy atom. The van der Waals surface area contributed by atoms with Gasteiger partial charge >= 0.3 is 0 Å². The van der Waals surface area contributed by atoms with Gasteiger partial charge in [0.15, 0.2) is 5.65 Å². The molecule has 4 rings (SSSR count). The molecule has 1 N–H and O–H groups in total. The molecule has 2 aromatic heterocycles. The topological polar surface area (TPSA) is 68.5 Å². The summed E-state index contributed by atoms with van der Waals surface area (Å²) in [7, 11) is 0. The summed E-state index contributed by atoms with van der Waals surface area (Å²) >= 11 is 0. The number of imidazole rings is 1. The summed E-state index contributed by atoms with van der Waals surface area (Å²) in [5.41, 5.74) is 2.10. The lowest BCUT2D eigenvalue weighted by molar-refractivity contribution is -0.134. The highest BCUT2D eigenvalue weighted by Crippen LogP contribution is 2.44. The van der Waals surface area contributed by atoms with Crippen LogP contribution in [0.2, 0.25) is 0 Å². The number of alkyl halides is 4. The van der Waals surface area contributed by atoms with E-state index in [2.05, 4.69) is 15.4 Å². The highest BCUT2D eigenvalue weighted by atomic mass is 19.3. The van der Waals surface area contributed by atoms with Crippen molar-refractivity contribution in [2.75, 3.05) is 13.2 Å². The van der Waals surface area contributed by atoms with Gasteiger partial charge in [0.25, 0.3) is 0 Å². The fraction of sp³-hybridized carbons (Fsp3) is 0.696. The molecule has 2 heterocycles. The Hall–Kier alpha value is -2.23. The normalized spacial score (nSPS) is 21.6. The molecule has 0 saturated heterocycles. The van der Waals surface area contributed by atoms with E-state index in [0.717, 1.165) is 5.69 Å². The number of nitrogens with zero attached hydrogens (tertiary/aromatic N) is 3. The maximum absolute atomic E-state index is 13.4. The molecule has 0 aliphatic heterocycles. The molecular weight excluding hydrogens is 440 g/mol. The van der Waals surface area contributed by atoms with Gasteiger partial charge < -0.3 is 10.1 Å². The summed E-state index contributed by atoms with van der Waals surface area (Å²) in [6.45, 7) is 2.54. The second-order valence-corrected chi connectivity index (χ2v) is 9.44. The summed E-state index contributed by atoms with van der Waals surface area (Å²) < 4.78 is 60.1. The Kier molecular flexibility index (Phi) is 6.93. The molecule has 0 radical (unpaired) electrons. The van der Waals surface area contributed by atoms with Crippen LogP contribution in [0, 0.1) is 11.8 Å². The number of rotatable bonds is 9. The molecule has 1 atom stereocenters. The van der Waals surface area contributed by atoms with E-state index in [4.69, 9.17) is 4.74 Å². The van der Waals surface area contributed by atoms with Crippen LogP contribution in [-0.4, -0.2) is 45.6 Å². The number of hydrogen-bond donors (Lipinski definition) is 1. The molecule has 10 heteroatoms. The van der Waals surface area contributed by atoms with Gasteiger partial charge in [-0.1, -0.05) is 0 Å². The Morgan fingerprint density at radius 2 is 1.94 bits per heavy atom. The molecule has 0 bridgehead atoms. The zero-order chi connectivity index (χ0) is 23.6. The first kappa shape index (κ1) is 23.9. The predicted molar refractivity (Wildman–Crippen MR) is 113 cm³/mol. The molecule has 2 saturated carbocycles. The van der Waals surface area contributed by atoms with Gasteiger partial charge in [-0.2, -0.15) is 5.10 Å². The first-order chi connectivity index (χ1) is 15.6. The summed E-state index contributed by atoms with van der Waals surface area (Å²) in [5, 5.41) is 7.27. The molecular formula is C23H30F4N4O2. The monoisotopic (exact) mass is 470 g/mol. The molecule has 0 aromatic carbocycles. The fourth-order valence-electron chi connectivity index (χ4n) is 4.73. The number of carbonyl (C=O) groups is 1. The van der Waals surface area contributed by atoms with Crippen molar-refractivity contribution in [1.82, 2.24) is 19.9 Å². The van der Waals surface area contributed by atoms with E-state index in [0.29, 0.717) is 37.1 Å². The minimum atomic E-state index is -2.65. The highest BCUT2D eigenvalue weighted by molar-refractivity contribution is 5.77. The molecule has 1 amide bonds. The molecule has 0 spiro atoms. The third kappa shape index (κ3) is 6.22. The van der Waals surface area contributed by atoms with Crippen molar-refractivity contribution in [3.05, 3.63) is 29.7 Å². The summed E-state index contributed by atoms with van der Waals surface area (Å²) in [4.78, 5) is 17.0. The summed E-state index contributed by atoms with van der Waals surface area (Å²) in [6.07, 6.45) is 4.42. The van der Waals surface area contributed by atoms with Crippen LogP contribution in [0.3, 0.4) is 0 Å². The van der Waals surface area contributed by atoms with Crippen molar-refractivity contribution in [2.24, 2.45) is 11.8 Å². The lowest BCUT2D eigenvalue weighted by Gasteiger charge is -2.34. The van der Waals surface area contributed by atoms with Gasteiger partial charge in [0.1, 0.15) is 0 Å². The van der Waals surface area contributed by atoms with E-state index in [9.17, 15) is 22.4 Å². The van der Waals surface area contributed by atoms with Crippen molar-refractivity contribution in [3.63, 3.8) is 0 Å². The number of ether oxygens (including phenoxy) is 1. The third-order valence-electron chi connectivity index (χ3n) is 6.60. The van der Waals surface area contributed by atoms with E-state index < -0.39 is 17.9 Å². The number of carbonyl (C=O) groups excluding carboxylic acids is 1. The second kappa shape index (κ2) is 9.56. The molecule has 182 valence electrons. The zero-order valence-corrected chi connectivity index (χ0v) is 18.7.